The summed E-state index contributed by atoms with van der Waals surface area (Å²) in [5.74, 6) is 0.919. The predicted octanol–water partition coefficient (Wildman–Crippen LogP) is 3.50. The van der Waals surface area contributed by atoms with Gasteiger partial charge in [0.2, 0.25) is 17.8 Å². The zero-order chi connectivity index (χ0) is 30.0. The zero-order valence-electron chi connectivity index (χ0n) is 25.3. The molecule has 1 saturated carbocycles. The van der Waals surface area contributed by atoms with Crippen molar-refractivity contribution in [3.8, 4) is 11.3 Å². The van der Waals surface area contributed by atoms with Crippen LogP contribution in [-0.2, 0) is 29.0 Å². The van der Waals surface area contributed by atoms with E-state index in [9.17, 15) is 9.59 Å². The molecule has 2 atom stereocenters. The van der Waals surface area contributed by atoms with Crippen molar-refractivity contribution in [3.63, 3.8) is 0 Å². The van der Waals surface area contributed by atoms with Gasteiger partial charge in [-0.15, -0.1) is 0 Å². The van der Waals surface area contributed by atoms with Gasteiger partial charge in [0, 0.05) is 68.1 Å². The topological polar surface area (TPSA) is 120 Å². The lowest BCUT2D eigenvalue weighted by Crippen LogP contribution is -2.53. The smallest absolute Gasteiger partial charge is 0.228 e. The second-order valence-corrected chi connectivity index (χ2v) is 12.9. The SMILES string of the molecule is C[C@]1(NC(=O)CCCCn2nc3c(cc2=N)CCc2ccccc2-3)CC[C@@](C)(C(=O)N2CCN(c3ncccn3)CC2)C1. The van der Waals surface area contributed by atoms with Gasteiger partial charge in [0.1, 0.15) is 5.49 Å². The van der Waals surface area contributed by atoms with Gasteiger partial charge in [-0.3, -0.25) is 15.0 Å². The van der Waals surface area contributed by atoms with Crippen molar-refractivity contribution in [1.82, 2.24) is 30.0 Å². The number of anilines is 1. The van der Waals surface area contributed by atoms with E-state index in [0.29, 0.717) is 57.0 Å². The molecule has 10 nitrogen and oxygen atoms in total. The summed E-state index contributed by atoms with van der Waals surface area (Å²) in [6.45, 7) is 7.47. The molecule has 1 aromatic carbocycles. The highest BCUT2D eigenvalue weighted by molar-refractivity contribution is 5.84. The van der Waals surface area contributed by atoms with Gasteiger partial charge in [-0.05, 0) is 75.1 Å². The van der Waals surface area contributed by atoms with E-state index in [2.05, 4.69) is 52.2 Å². The molecule has 2 aliphatic carbocycles. The Morgan fingerprint density at radius 2 is 1.70 bits per heavy atom. The standard InChI is InChI=1S/C33H42N8O2/c1-32(30(43)39-18-20-40(21-19-39)31-35-15-7-16-36-31)13-14-33(2,23-32)37-28(42)10-5-6-17-41-27(34)22-25-12-11-24-8-3-4-9-26(24)29(25)38-41/h3-4,7-9,15-16,22,34H,5-6,10-14,17-21,23H2,1-2H3,(H,37,42)/t32-,33+/m1/s1. The van der Waals surface area contributed by atoms with Crippen molar-refractivity contribution in [1.29, 1.82) is 5.41 Å². The number of aromatic nitrogens is 4. The molecule has 226 valence electrons. The van der Waals surface area contributed by atoms with Crippen LogP contribution in [0, 0.1) is 10.8 Å². The number of carbonyl (C=O) groups excluding carboxylic acids is 2. The van der Waals surface area contributed by atoms with Crippen molar-refractivity contribution in [2.75, 3.05) is 31.1 Å². The Morgan fingerprint density at radius 1 is 0.953 bits per heavy atom. The van der Waals surface area contributed by atoms with E-state index in [4.69, 9.17) is 10.5 Å². The normalized spacial score (nSPS) is 23.0. The number of aryl methyl sites for hydroxylation is 3. The monoisotopic (exact) mass is 582 g/mol. The van der Waals surface area contributed by atoms with Crippen LogP contribution in [-0.4, -0.2) is 68.2 Å². The highest BCUT2D eigenvalue weighted by Crippen LogP contribution is 2.45. The fourth-order valence-electron chi connectivity index (χ4n) is 7.14. The van der Waals surface area contributed by atoms with Crippen molar-refractivity contribution in [3.05, 3.63) is 65.4 Å². The first-order chi connectivity index (χ1) is 20.7. The van der Waals surface area contributed by atoms with Gasteiger partial charge < -0.3 is 15.1 Å². The van der Waals surface area contributed by atoms with Crippen molar-refractivity contribution in [2.45, 2.75) is 77.3 Å². The van der Waals surface area contributed by atoms with Crippen LogP contribution in [0.25, 0.3) is 11.3 Å². The van der Waals surface area contributed by atoms with Gasteiger partial charge in [0.15, 0.2) is 0 Å². The number of carbonyl (C=O) groups is 2. The summed E-state index contributed by atoms with van der Waals surface area (Å²) in [4.78, 5) is 39.4. The average molecular weight is 583 g/mol. The summed E-state index contributed by atoms with van der Waals surface area (Å²) in [6, 6.07) is 12.1. The van der Waals surface area contributed by atoms with Gasteiger partial charge >= 0.3 is 0 Å². The number of benzene rings is 1. The molecule has 1 saturated heterocycles. The second-order valence-electron chi connectivity index (χ2n) is 12.9. The van der Waals surface area contributed by atoms with Crippen LogP contribution in [0.5, 0.6) is 0 Å². The molecule has 3 aliphatic rings. The van der Waals surface area contributed by atoms with Crippen LogP contribution in [0.4, 0.5) is 5.95 Å². The third-order valence-electron chi connectivity index (χ3n) is 9.44. The lowest BCUT2D eigenvalue weighted by Gasteiger charge is -2.39. The number of rotatable bonds is 8. The molecule has 0 spiro atoms. The minimum atomic E-state index is -0.481. The summed E-state index contributed by atoms with van der Waals surface area (Å²) in [5, 5.41) is 16.6. The van der Waals surface area contributed by atoms with Crippen LogP contribution in [0.15, 0.2) is 48.8 Å². The molecule has 6 rings (SSSR count). The molecular weight excluding hydrogens is 540 g/mol. The van der Waals surface area contributed by atoms with E-state index in [1.165, 1.54) is 5.56 Å². The van der Waals surface area contributed by atoms with Crippen molar-refractivity contribution < 1.29 is 9.59 Å². The van der Waals surface area contributed by atoms with Gasteiger partial charge in [-0.25, -0.2) is 14.6 Å². The maximum atomic E-state index is 13.6. The molecule has 2 amide bonds. The average Bonchev–Trinajstić information content (AvgIpc) is 3.34. The molecule has 2 fully saturated rings. The Bertz CT molecular complexity index is 1550. The van der Waals surface area contributed by atoms with E-state index >= 15 is 0 Å². The van der Waals surface area contributed by atoms with E-state index in [1.54, 1.807) is 23.1 Å². The van der Waals surface area contributed by atoms with Crippen molar-refractivity contribution in [2.24, 2.45) is 5.41 Å². The molecule has 2 N–H and O–H groups in total. The van der Waals surface area contributed by atoms with Crippen LogP contribution in [0.3, 0.4) is 0 Å². The number of hydrogen-bond acceptors (Lipinski definition) is 7. The summed E-state index contributed by atoms with van der Waals surface area (Å²) in [6.07, 6.45) is 9.49. The quantitative estimate of drug-likeness (QED) is 0.393. The lowest BCUT2D eigenvalue weighted by molar-refractivity contribution is -0.141. The summed E-state index contributed by atoms with van der Waals surface area (Å²) in [5.41, 5.74) is 4.13. The number of nitrogens with zero attached hydrogens (tertiary/aromatic N) is 6. The fourth-order valence-corrected chi connectivity index (χ4v) is 7.14. The molecule has 0 radical (unpaired) electrons. The van der Waals surface area contributed by atoms with Gasteiger partial charge in [-0.2, -0.15) is 5.10 Å². The third kappa shape index (κ3) is 6.19. The molecule has 1 aliphatic heterocycles. The first-order valence-corrected chi connectivity index (χ1v) is 15.6. The van der Waals surface area contributed by atoms with E-state index in [1.807, 2.05) is 17.0 Å². The van der Waals surface area contributed by atoms with E-state index in [-0.39, 0.29) is 11.8 Å². The largest absolute Gasteiger partial charge is 0.351 e. The molecule has 10 heteroatoms. The summed E-state index contributed by atoms with van der Waals surface area (Å²) >= 11 is 0. The minimum absolute atomic E-state index is 0.0269. The Labute approximate surface area is 253 Å². The van der Waals surface area contributed by atoms with Crippen LogP contribution in [0.2, 0.25) is 0 Å². The molecule has 43 heavy (non-hydrogen) atoms. The lowest BCUT2D eigenvalue weighted by atomic mass is 9.84. The maximum Gasteiger partial charge on any atom is 0.228 e. The highest BCUT2D eigenvalue weighted by Gasteiger charge is 2.49. The van der Waals surface area contributed by atoms with Gasteiger partial charge in [0.05, 0.1) is 5.69 Å². The van der Waals surface area contributed by atoms with Gasteiger partial charge in [-0.1, -0.05) is 31.2 Å². The fraction of sp³-hybridized carbons (Fsp3) is 0.515. The number of piperazine rings is 1. The van der Waals surface area contributed by atoms with E-state index in [0.717, 1.165) is 55.3 Å². The highest BCUT2D eigenvalue weighted by atomic mass is 16.2. The minimum Gasteiger partial charge on any atom is -0.351 e. The molecular formula is C33H42N8O2. The molecule has 3 aromatic rings. The number of nitrogens with one attached hydrogen (secondary N) is 2. The van der Waals surface area contributed by atoms with Crippen LogP contribution < -0.4 is 15.7 Å². The molecule has 0 unspecified atom stereocenters. The number of fused-ring (bicyclic) bond motifs is 3. The number of amides is 2. The Hall–Kier alpha value is -4.08. The number of unbranched alkanes of at least 4 members (excludes halogenated alkanes) is 1. The van der Waals surface area contributed by atoms with Gasteiger partial charge in [0.25, 0.3) is 0 Å². The van der Waals surface area contributed by atoms with Crippen LogP contribution >= 0.6 is 0 Å². The Morgan fingerprint density at radius 3 is 2.49 bits per heavy atom. The molecule has 3 heterocycles. The number of hydrogen-bond donors (Lipinski definition) is 2. The maximum absolute atomic E-state index is 13.6. The zero-order valence-corrected chi connectivity index (χ0v) is 25.3. The van der Waals surface area contributed by atoms with E-state index < -0.39 is 11.0 Å². The molecule has 2 aromatic heterocycles. The predicted molar refractivity (Wildman–Crippen MR) is 164 cm³/mol. The van der Waals surface area contributed by atoms with Crippen molar-refractivity contribution >= 4 is 17.8 Å². The molecule has 0 bridgehead atoms. The summed E-state index contributed by atoms with van der Waals surface area (Å²) in [7, 11) is 0. The second kappa shape index (κ2) is 11.9. The Kier molecular flexibility index (Phi) is 8.03. The van der Waals surface area contributed by atoms with Crippen LogP contribution in [0.1, 0.15) is 63.5 Å². The first-order valence-electron chi connectivity index (χ1n) is 15.6. The summed E-state index contributed by atoms with van der Waals surface area (Å²) < 4.78 is 1.76. The first kappa shape index (κ1) is 29.0. The Balaban J connectivity index is 0.974. The third-order valence-corrected chi connectivity index (χ3v) is 9.44.